The first-order chi connectivity index (χ1) is 22.6. The zero-order valence-corrected chi connectivity index (χ0v) is 24.5. The highest BCUT2D eigenvalue weighted by atomic mass is 16.5. The maximum absolute atomic E-state index is 13.1. The van der Waals surface area contributed by atoms with Crippen molar-refractivity contribution in [1.29, 1.82) is 0 Å². The number of aromatic nitrogens is 2. The van der Waals surface area contributed by atoms with Gasteiger partial charge in [-0.2, -0.15) is 5.10 Å². The number of fused-ring (bicyclic) bond motifs is 2. The largest absolute Gasteiger partial charge is 0.423 e. The fourth-order valence-electron chi connectivity index (χ4n) is 5.12. The number of nitrogens with zero attached hydrogens (tertiary/aromatic N) is 3. The summed E-state index contributed by atoms with van der Waals surface area (Å²) < 4.78 is 5.65. The van der Waals surface area contributed by atoms with Crippen LogP contribution in [0, 0.1) is 0 Å². The van der Waals surface area contributed by atoms with Gasteiger partial charge in [0.05, 0.1) is 34.2 Å². The first-order valence-electron chi connectivity index (χ1n) is 14.7. The van der Waals surface area contributed by atoms with Crippen molar-refractivity contribution < 1.29 is 14.3 Å². The van der Waals surface area contributed by atoms with Crippen LogP contribution in [0.15, 0.2) is 151 Å². The average molecular weight is 599 g/mol. The van der Waals surface area contributed by atoms with E-state index in [1.165, 1.54) is 6.21 Å². The van der Waals surface area contributed by atoms with Crippen LogP contribution in [0.1, 0.15) is 26.3 Å². The molecule has 7 rings (SSSR count). The summed E-state index contributed by atoms with van der Waals surface area (Å²) in [6, 6.07) is 45.2. The lowest BCUT2D eigenvalue weighted by Gasteiger charge is -2.11. The number of hydrogen-bond donors (Lipinski definition) is 1. The van der Waals surface area contributed by atoms with E-state index in [4.69, 9.17) is 14.7 Å². The molecule has 7 heteroatoms. The van der Waals surface area contributed by atoms with E-state index in [1.54, 1.807) is 48.5 Å². The van der Waals surface area contributed by atoms with E-state index in [9.17, 15) is 9.59 Å². The SMILES string of the molecule is O=C(N/N=C\c1ccc(OC(=O)c2ccc3nc(-c4ccccc4)c(-c4ccccc4)nc3c2)cc1)c1ccc2ccccc2c1. The number of rotatable bonds is 7. The molecule has 0 atom stereocenters. The summed E-state index contributed by atoms with van der Waals surface area (Å²) in [5.74, 6) is -0.445. The highest BCUT2D eigenvalue weighted by Crippen LogP contribution is 2.31. The number of hydrogen-bond acceptors (Lipinski definition) is 6. The smallest absolute Gasteiger partial charge is 0.343 e. The maximum Gasteiger partial charge on any atom is 0.343 e. The second kappa shape index (κ2) is 12.6. The molecule has 7 nitrogen and oxygen atoms in total. The van der Waals surface area contributed by atoms with Crippen molar-refractivity contribution in [2.75, 3.05) is 0 Å². The van der Waals surface area contributed by atoms with Crippen molar-refractivity contribution in [1.82, 2.24) is 15.4 Å². The first kappa shape index (κ1) is 28.3. The minimum atomic E-state index is -0.513. The van der Waals surface area contributed by atoms with E-state index in [0.717, 1.165) is 38.9 Å². The van der Waals surface area contributed by atoms with E-state index >= 15 is 0 Å². The Kier molecular flexibility index (Phi) is 7.78. The Balaban J connectivity index is 1.05. The van der Waals surface area contributed by atoms with Gasteiger partial charge in [0.15, 0.2) is 0 Å². The Morgan fingerprint density at radius 1 is 0.587 bits per heavy atom. The van der Waals surface area contributed by atoms with Crippen LogP contribution >= 0.6 is 0 Å². The van der Waals surface area contributed by atoms with Gasteiger partial charge in [-0.1, -0.05) is 91.0 Å². The van der Waals surface area contributed by atoms with Crippen molar-refractivity contribution >= 4 is 39.9 Å². The second-order valence-corrected chi connectivity index (χ2v) is 10.6. The third-order valence-corrected chi connectivity index (χ3v) is 7.48. The molecule has 0 saturated carbocycles. The van der Waals surface area contributed by atoms with Crippen molar-refractivity contribution in [3.8, 4) is 28.3 Å². The summed E-state index contributed by atoms with van der Waals surface area (Å²) in [6.45, 7) is 0. The molecule has 1 aromatic heterocycles. The highest BCUT2D eigenvalue weighted by molar-refractivity contribution is 5.99. The van der Waals surface area contributed by atoms with Gasteiger partial charge in [0.1, 0.15) is 5.75 Å². The number of amides is 1. The van der Waals surface area contributed by atoms with Gasteiger partial charge in [0.2, 0.25) is 0 Å². The van der Waals surface area contributed by atoms with Crippen LogP contribution < -0.4 is 10.2 Å². The molecule has 1 N–H and O–H groups in total. The minimum absolute atomic E-state index is 0.306. The highest BCUT2D eigenvalue weighted by Gasteiger charge is 2.16. The van der Waals surface area contributed by atoms with Gasteiger partial charge in [-0.25, -0.2) is 20.2 Å². The molecule has 0 radical (unpaired) electrons. The molecule has 46 heavy (non-hydrogen) atoms. The number of esters is 1. The van der Waals surface area contributed by atoms with Crippen LogP contribution in [0.4, 0.5) is 0 Å². The summed E-state index contributed by atoms with van der Waals surface area (Å²) in [5, 5.41) is 6.12. The molecular formula is C39H26N4O3. The molecule has 0 unspecified atom stereocenters. The number of benzene rings is 6. The van der Waals surface area contributed by atoms with Gasteiger partial charge >= 0.3 is 5.97 Å². The Hall–Kier alpha value is -6.47. The standard InChI is InChI=1S/C39H26N4O3/c44-38(31-18-17-27-9-7-8-14-30(27)23-31)43-40-25-26-15-20-33(21-16-26)46-39(45)32-19-22-34-35(24-32)42-37(29-12-5-2-6-13-29)36(41-34)28-10-3-1-4-11-28/h1-25H,(H,43,44)/b40-25-. The quantitative estimate of drug-likeness (QED) is 0.0866. The van der Waals surface area contributed by atoms with Crippen molar-refractivity contribution in [3.05, 3.63) is 162 Å². The van der Waals surface area contributed by atoms with Crippen LogP contribution in [0.25, 0.3) is 44.3 Å². The molecule has 1 heterocycles. The lowest BCUT2D eigenvalue weighted by atomic mass is 10.0. The predicted molar refractivity (Wildman–Crippen MR) is 181 cm³/mol. The zero-order valence-electron chi connectivity index (χ0n) is 24.5. The molecule has 0 aliphatic heterocycles. The number of ether oxygens (including phenoxy) is 1. The molecule has 7 aromatic rings. The summed E-state index contributed by atoms with van der Waals surface area (Å²) in [7, 11) is 0. The van der Waals surface area contributed by atoms with Crippen molar-refractivity contribution in [2.24, 2.45) is 5.10 Å². The summed E-state index contributed by atoms with van der Waals surface area (Å²) in [6.07, 6.45) is 1.53. The van der Waals surface area contributed by atoms with Gasteiger partial charge in [0, 0.05) is 16.7 Å². The molecule has 220 valence electrons. The fraction of sp³-hybridized carbons (Fsp3) is 0. The van der Waals surface area contributed by atoms with E-state index in [2.05, 4.69) is 10.5 Å². The zero-order chi connectivity index (χ0) is 31.3. The molecule has 0 saturated heterocycles. The van der Waals surface area contributed by atoms with E-state index in [0.29, 0.717) is 27.9 Å². The van der Waals surface area contributed by atoms with Crippen LogP contribution in [-0.4, -0.2) is 28.1 Å². The topological polar surface area (TPSA) is 93.5 Å². The van der Waals surface area contributed by atoms with Crippen LogP contribution in [0.3, 0.4) is 0 Å². The van der Waals surface area contributed by atoms with Gasteiger partial charge in [-0.3, -0.25) is 4.79 Å². The molecule has 1 amide bonds. The number of hydrazone groups is 1. The van der Waals surface area contributed by atoms with Crippen LogP contribution in [0.5, 0.6) is 5.75 Å². The third kappa shape index (κ3) is 6.11. The first-order valence-corrected chi connectivity index (χ1v) is 14.7. The molecule has 0 spiro atoms. The minimum Gasteiger partial charge on any atom is -0.423 e. The number of nitrogens with one attached hydrogen (secondary N) is 1. The Labute approximate surface area is 264 Å². The summed E-state index contributed by atoms with van der Waals surface area (Å²) in [4.78, 5) is 35.5. The van der Waals surface area contributed by atoms with Crippen molar-refractivity contribution in [3.63, 3.8) is 0 Å². The summed E-state index contributed by atoms with van der Waals surface area (Å²) in [5.41, 5.74) is 8.81. The van der Waals surface area contributed by atoms with Gasteiger partial charge in [-0.15, -0.1) is 0 Å². The number of carbonyl (C=O) groups is 2. The normalized spacial score (nSPS) is 11.1. The van der Waals surface area contributed by atoms with E-state index < -0.39 is 5.97 Å². The monoisotopic (exact) mass is 598 g/mol. The molecule has 0 bridgehead atoms. The van der Waals surface area contributed by atoms with Crippen LogP contribution in [-0.2, 0) is 0 Å². The van der Waals surface area contributed by atoms with E-state index in [-0.39, 0.29) is 5.91 Å². The lowest BCUT2D eigenvalue weighted by Crippen LogP contribution is -2.17. The summed E-state index contributed by atoms with van der Waals surface area (Å²) >= 11 is 0. The van der Waals surface area contributed by atoms with Gasteiger partial charge in [-0.05, 0) is 70.9 Å². The van der Waals surface area contributed by atoms with Crippen molar-refractivity contribution in [2.45, 2.75) is 0 Å². The van der Waals surface area contributed by atoms with Crippen LogP contribution in [0.2, 0.25) is 0 Å². The number of carbonyl (C=O) groups excluding carboxylic acids is 2. The Morgan fingerprint density at radius 2 is 1.20 bits per heavy atom. The van der Waals surface area contributed by atoms with E-state index in [1.807, 2.05) is 97.1 Å². The Morgan fingerprint density at radius 3 is 1.89 bits per heavy atom. The average Bonchev–Trinajstić information content (AvgIpc) is 3.12. The van der Waals surface area contributed by atoms with Gasteiger partial charge < -0.3 is 4.74 Å². The second-order valence-electron chi connectivity index (χ2n) is 10.6. The third-order valence-electron chi connectivity index (χ3n) is 7.48. The van der Waals surface area contributed by atoms with Gasteiger partial charge in [0.25, 0.3) is 5.91 Å². The predicted octanol–water partition coefficient (Wildman–Crippen LogP) is 8.10. The molecule has 0 aliphatic rings. The maximum atomic E-state index is 13.1. The lowest BCUT2D eigenvalue weighted by molar-refractivity contribution is 0.0734. The molecule has 0 fully saturated rings. The Bertz CT molecular complexity index is 2230. The molecule has 0 aliphatic carbocycles. The molecular weight excluding hydrogens is 572 g/mol. The molecule has 6 aromatic carbocycles. The fourth-order valence-corrected chi connectivity index (χ4v) is 5.12.